The van der Waals surface area contributed by atoms with Gasteiger partial charge in [-0.3, -0.25) is 4.90 Å². The number of hydrogen-bond acceptors (Lipinski definition) is 2. The average molecular weight is 266 g/mol. The number of nitrogens with one attached hydrogen (secondary N) is 1. The van der Waals surface area contributed by atoms with Crippen molar-refractivity contribution in [1.29, 1.82) is 0 Å². The minimum atomic E-state index is 0.379. The van der Waals surface area contributed by atoms with Gasteiger partial charge in [-0.2, -0.15) is 0 Å². The van der Waals surface area contributed by atoms with E-state index in [1.807, 2.05) is 0 Å². The van der Waals surface area contributed by atoms with Gasteiger partial charge in [0.05, 0.1) is 0 Å². The first-order valence-corrected chi connectivity index (χ1v) is 8.59. The molecule has 2 fully saturated rings. The second-order valence-electron chi connectivity index (χ2n) is 7.26. The van der Waals surface area contributed by atoms with Gasteiger partial charge in [-0.05, 0) is 37.5 Å². The molecule has 2 rings (SSSR count). The van der Waals surface area contributed by atoms with E-state index < -0.39 is 0 Å². The minimum absolute atomic E-state index is 0.379. The molecule has 2 heteroatoms. The molecule has 1 N–H and O–H groups in total. The molecule has 0 spiro atoms. The molecule has 1 saturated carbocycles. The van der Waals surface area contributed by atoms with Gasteiger partial charge in [0, 0.05) is 31.2 Å². The van der Waals surface area contributed by atoms with Gasteiger partial charge < -0.3 is 5.32 Å². The highest BCUT2D eigenvalue weighted by Crippen LogP contribution is 2.30. The van der Waals surface area contributed by atoms with Gasteiger partial charge in [-0.1, -0.05) is 40.5 Å². The summed E-state index contributed by atoms with van der Waals surface area (Å²) >= 11 is 0. The normalized spacial score (nSPS) is 29.2. The van der Waals surface area contributed by atoms with Crippen LogP contribution in [0.1, 0.15) is 66.2 Å². The summed E-state index contributed by atoms with van der Waals surface area (Å²) in [7, 11) is 0. The fourth-order valence-electron chi connectivity index (χ4n) is 4.12. The Morgan fingerprint density at radius 2 is 1.79 bits per heavy atom. The monoisotopic (exact) mass is 266 g/mol. The molecule has 1 unspecified atom stereocenters. The Morgan fingerprint density at radius 1 is 1.16 bits per heavy atom. The summed E-state index contributed by atoms with van der Waals surface area (Å²) in [6.45, 7) is 13.3. The first kappa shape index (κ1) is 15.3. The Hall–Kier alpha value is -0.0800. The lowest BCUT2D eigenvalue weighted by atomic mass is 9.85. The third-order valence-corrected chi connectivity index (χ3v) is 5.75. The fraction of sp³-hybridized carbons (Fsp3) is 1.00. The van der Waals surface area contributed by atoms with E-state index in [-0.39, 0.29) is 0 Å². The lowest BCUT2D eigenvalue weighted by Crippen LogP contribution is -2.65. The van der Waals surface area contributed by atoms with Crippen molar-refractivity contribution in [3.63, 3.8) is 0 Å². The van der Waals surface area contributed by atoms with Crippen LogP contribution in [0.5, 0.6) is 0 Å². The minimum Gasteiger partial charge on any atom is -0.308 e. The van der Waals surface area contributed by atoms with Gasteiger partial charge in [0.15, 0.2) is 0 Å². The maximum atomic E-state index is 3.88. The molecule has 1 aliphatic carbocycles. The molecule has 1 atom stereocenters. The highest BCUT2D eigenvalue weighted by Gasteiger charge is 2.38. The smallest absolute Gasteiger partial charge is 0.0304 e. The molecule has 0 radical (unpaired) electrons. The van der Waals surface area contributed by atoms with Crippen molar-refractivity contribution in [3.8, 4) is 0 Å². The maximum absolute atomic E-state index is 3.88. The lowest BCUT2D eigenvalue weighted by Gasteiger charge is -2.49. The molecule has 1 saturated heterocycles. The van der Waals surface area contributed by atoms with Crippen LogP contribution in [-0.2, 0) is 0 Å². The largest absolute Gasteiger partial charge is 0.308 e. The van der Waals surface area contributed by atoms with E-state index in [1.54, 1.807) is 0 Å². The van der Waals surface area contributed by atoms with Crippen molar-refractivity contribution in [2.24, 2.45) is 11.8 Å². The van der Waals surface area contributed by atoms with Crippen LogP contribution in [0.2, 0.25) is 0 Å². The van der Waals surface area contributed by atoms with Gasteiger partial charge in [0.1, 0.15) is 0 Å². The number of nitrogens with zero attached hydrogens (tertiary/aromatic N) is 1. The predicted molar refractivity (Wildman–Crippen MR) is 83.5 cm³/mol. The maximum Gasteiger partial charge on any atom is 0.0304 e. The van der Waals surface area contributed by atoms with Gasteiger partial charge in [-0.15, -0.1) is 0 Å². The summed E-state index contributed by atoms with van der Waals surface area (Å²) < 4.78 is 0. The average Bonchev–Trinajstić information content (AvgIpc) is 2.91. The third-order valence-electron chi connectivity index (χ3n) is 5.75. The SMILES string of the molecule is CCC1(CC)CN(CC2CCCC2)C(C(C)C)CN1. The highest BCUT2D eigenvalue weighted by atomic mass is 15.3. The zero-order valence-electron chi connectivity index (χ0n) is 13.5. The van der Waals surface area contributed by atoms with Crippen molar-refractivity contribution in [3.05, 3.63) is 0 Å². The van der Waals surface area contributed by atoms with Crippen LogP contribution < -0.4 is 5.32 Å². The second-order valence-corrected chi connectivity index (χ2v) is 7.26. The summed E-state index contributed by atoms with van der Waals surface area (Å²) in [5, 5.41) is 3.88. The van der Waals surface area contributed by atoms with Crippen molar-refractivity contribution >= 4 is 0 Å². The molecular formula is C17H34N2. The van der Waals surface area contributed by atoms with Crippen LogP contribution in [0, 0.1) is 11.8 Å². The Bertz CT molecular complexity index is 264. The van der Waals surface area contributed by atoms with Crippen LogP contribution in [0.25, 0.3) is 0 Å². The van der Waals surface area contributed by atoms with Crippen LogP contribution in [0.4, 0.5) is 0 Å². The zero-order chi connectivity index (χ0) is 13.9. The summed E-state index contributed by atoms with van der Waals surface area (Å²) in [6.07, 6.45) is 8.40. The van der Waals surface area contributed by atoms with Gasteiger partial charge in [-0.25, -0.2) is 0 Å². The highest BCUT2D eigenvalue weighted by molar-refractivity contribution is 4.98. The van der Waals surface area contributed by atoms with E-state index in [2.05, 4.69) is 37.9 Å². The van der Waals surface area contributed by atoms with E-state index in [9.17, 15) is 0 Å². The van der Waals surface area contributed by atoms with Crippen LogP contribution in [0.15, 0.2) is 0 Å². The summed E-state index contributed by atoms with van der Waals surface area (Å²) in [4.78, 5) is 2.84. The van der Waals surface area contributed by atoms with Gasteiger partial charge in [0.25, 0.3) is 0 Å². The van der Waals surface area contributed by atoms with Crippen LogP contribution in [0.3, 0.4) is 0 Å². The van der Waals surface area contributed by atoms with Crippen molar-refractivity contribution in [2.75, 3.05) is 19.6 Å². The summed E-state index contributed by atoms with van der Waals surface area (Å²) in [6, 6.07) is 0.742. The van der Waals surface area contributed by atoms with E-state index in [0.29, 0.717) is 5.54 Å². The summed E-state index contributed by atoms with van der Waals surface area (Å²) in [5.41, 5.74) is 0.379. The molecule has 0 amide bonds. The van der Waals surface area contributed by atoms with Crippen LogP contribution in [-0.4, -0.2) is 36.1 Å². The number of hydrogen-bond donors (Lipinski definition) is 1. The van der Waals surface area contributed by atoms with Gasteiger partial charge in [0.2, 0.25) is 0 Å². The Balaban J connectivity index is 2.03. The van der Waals surface area contributed by atoms with Crippen molar-refractivity contribution in [2.45, 2.75) is 77.8 Å². The fourth-order valence-corrected chi connectivity index (χ4v) is 4.12. The molecule has 112 valence electrons. The Labute approximate surface area is 120 Å². The molecule has 1 heterocycles. The number of rotatable bonds is 5. The number of piperazine rings is 1. The molecule has 0 aromatic carbocycles. The third kappa shape index (κ3) is 3.52. The molecule has 0 aromatic rings. The van der Waals surface area contributed by atoms with Gasteiger partial charge >= 0.3 is 0 Å². The van der Waals surface area contributed by atoms with Crippen LogP contribution >= 0.6 is 0 Å². The topological polar surface area (TPSA) is 15.3 Å². The second kappa shape index (κ2) is 6.58. The standard InChI is InChI=1S/C17H34N2/c1-5-17(6-2)13-19(12-15-9-7-8-10-15)16(11-18-17)14(3)4/h14-16,18H,5-13H2,1-4H3. The summed E-state index contributed by atoms with van der Waals surface area (Å²) in [5.74, 6) is 1.74. The molecule has 19 heavy (non-hydrogen) atoms. The first-order chi connectivity index (χ1) is 9.10. The zero-order valence-corrected chi connectivity index (χ0v) is 13.5. The quantitative estimate of drug-likeness (QED) is 0.817. The molecule has 1 aliphatic heterocycles. The van der Waals surface area contributed by atoms with Crippen molar-refractivity contribution in [1.82, 2.24) is 10.2 Å². The Kier molecular flexibility index (Phi) is 5.30. The molecular weight excluding hydrogens is 232 g/mol. The van der Waals surface area contributed by atoms with E-state index >= 15 is 0 Å². The molecule has 0 aromatic heterocycles. The first-order valence-electron chi connectivity index (χ1n) is 8.59. The van der Waals surface area contributed by atoms with E-state index in [0.717, 1.165) is 17.9 Å². The van der Waals surface area contributed by atoms with E-state index in [1.165, 1.54) is 58.2 Å². The predicted octanol–water partition coefficient (Wildman–Crippen LogP) is 3.67. The molecule has 2 nitrogen and oxygen atoms in total. The lowest BCUT2D eigenvalue weighted by molar-refractivity contribution is 0.0389. The Morgan fingerprint density at radius 3 is 2.32 bits per heavy atom. The van der Waals surface area contributed by atoms with E-state index in [4.69, 9.17) is 0 Å². The molecule has 2 aliphatic rings. The van der Waals surface area contributed by atoms with Crippen molar-refractivity contribution < 1.29 is 0 Å². The molecule has 0 bridgehead atoms.